The lowest BCUT2D eigenvalue weighted by Crippen LogP contribution is -2.35. The van der Waals surface area contributed by atoms with Crippen LogP contribution < -0.4 is 10.1 Å². The maximum atomic E-state index is 12.2. The van der Waals surface area contributed by atoms with Crippen molar-refractivity contribution in [2.45, 2.75) is 40.2 Å². The van der Waals surface area contributed by atoms with E-state index in [1.54, 1.807) is 0 Å². The van der Waals surface area contributed by atoms with E-state index < -0.39 is 0 Å². The first-order valence-electron chi connectivity index (χ1n) is 9.35. The molecular formula is C22H26N2O3. The fraction of sp³-hybridized carbons (Fsp3) is 0.364. The number of benzene rings is 2. The Hall–Kier alpha value is -2.82. The van der Waals surface area contributed by atoms with E-state index in [-0.39, 0.29) is 18.4 Å². The molecule has 5 nitrogen and oxygen atoms in total. The van der Waals surface area contributed by atoms with Gasteiger partial charge in [0, 0.05) is 25.2 Å². The molecule has 2 amide bonds. The van der Waals surface area contributed by atoms with Crippen molar-refractivity contribution >= 4 is 17.5 Å². The lowest BCUT2D eigenvalue weighted by molar-refractivity contribution is -0.131. The van der Waals surface area contributed by atoms with Gasteiger partial charge in [0.2, 0.25) is 5.91 Å². The van der Waals surface area contributed by atoms with Gasteiger partial charge in [0.05, 0.1) is 0 Å². The molecule has 0 bridgehead atoms. The quantitative estimate of drug-likeness (QED) is 0.879. The first kappa shape index (κ1) is 19.0. The van der Waals surface area contributed by atoms with Gasteiger partial charge in [-0.05, 0) is 66.8 Å². The predicted molar refractivity (Wildman–Crippen MR) is 106 cm³/mol. The minimum atomic E-state index is -0.202. The summed E-state index contributed by atoms with van der Waals surface area (Å²) in [4.78, 5) is 26.1. The van der Waals surface area contributed by atoms with Gasteiger partial charge in [0.25, 0.3) is 5.91 Å². The SMILES string of the molecule is CCC(=O)N1CCc2ccc(NC(=O)COc3cc(C)cc(C)c3)cc2C1. The average Bonchev–Trinajstić information content (AvgIpc) is 2.64. The molecule has 0 unspecified atom stereocenters. The summed E-state index contributed by atoms with van der Waals surface area (Å²) in [6.45, 7) is 7.20. The Bertz CT molecular complexity index is 840. The lowest BCUT2D eigenvalue weighted by atomic mass is 9.99. The summed E-state index contributed by atoms with van der Waals surface area (Å²) in [5.74, 6) is 0.658. The Morgan fingerprint density at radius 1 is 1.07 bits per heavy atom. The molecule has 2 aromatic rings. The van der Waals surface area contributed by atoms with Crippen molar-refractivity contribution in [2.24, 2.45) is 0 Å². The maximum Gasteiger partial charge on any atom is 0.262 e. The third-order valence-corrected chi connectivity index (χ3v) is 4.72. The van der Waals surface area contributed by atoms with E-state index in [0.717, 1.165) is 35.3 Å². The van der Waals surface area contributed by atoms with Gasteiger partial charge in [-0.1, -0.05) is 19.1 Å². The van der Waals surface area contributed by atoms with Crippen LogP contribution in [0.25, 0.3) is 0 Å². The monoisotopic (exact) mass is 366 g/mol. The van der Waals surface area contributed by atoms with Crippen LogP contribution in [-0.2, 0) is 22.6 Å². The second kappa shape index (κ2) is 8.25. The Morgan fingerprint density at radius 2 is 1.81 bits per heavy atom. The molecule has 0 radical (unpaired) electrons. The molecule has 1 aliphatic rings. The summed E-state index contributed by atoms with van der Waals surface area (Å²) in [5, 5.41) is 2.88. The highest BCUT2D eigenvalue weighted by atomic mass is 16.5. The van der Waals surface area contributed by atoms with Crippen molar-refractivity contribution < 1.29 is 14.3 Å². The van der Waals surface area contributed by atoms with Crippen LogP contribution in [0, 0.1) is 13.8 Å². The van der Waals surface area contributed by atoms with Gasteiger partial charge < -0.3 is 15.0 Å². The number of aryl methyl sites for hydroxylation is 2. The highest BCUT2D eigenvalue weighted by molar-refractivity contribution is 5.92. The fourth-order valence-electron chi connectivity index (χ4n) is 3.43. The highest BCUT2D eigenvalue weighted by Crippen LogP contribution is 2.23. The van der Waals surface area contributed by atoms with Gasteiger partial charge >= 0.3 is 0 Å². The maximum absolute atomic E-state index is 12.2. The smallest absolute Gasteiger partial charge is 0.262 e. The minimum Gasteiger partial charge on any atom is -0.484 e. The summed E-state index contributed by atoms with van der Waals surface area (Å²) in [7, 11) is 0. The zero-order valence-electron chi connectivity index (χ0n) is 16.2. The van der Waals surface area contributed by atoms with Crippen molar-refractivity contribution in [2.75, 3.05) is 18.5 Å². The number of nitrogens with one attached hydrogen (secondary N) is 1. The van der Waals surface area contributed by atoms with Crippen LogP contribution in [0.2, 0.25) is 0 Å². The van der Waals surface area contributed by atoms with Crippen LogP contribution in [0.5, 0.6) is 5.75 Å². The van der Waals surface area contributed by atoms with E-state index in [1.165, 1.54) is 5.56 Å². The fourth-order valence-corrected chi connectivity index (χ4v) is 3.43. The van der Waals surface area contributed by atoms with Gasteiger partial charge in [0.15, 0.2) is 6.61 Å². The topological polar surface area (TPSA) is 58.6 Å². The number of carbonyl (C=O) groups is 2. The molecule has 0 fully saturated rings. The molecule has 0 saturated heterocycles. The molecule has 0 saturated carbocycles. The van der Waals surface area contributed by atoms with Gasteiger partial charge in [-0.3, -0.25) is 9.59 Å². The number of nitrogens with zero attached hydrogens (tertiary/aromatic N) is 1. The third kappa shape index (κ3) is 4.88. The zero-order valence-corrected chi connectivity index (χ0v) is 16.2. The summed E-state index contributed by atoms with van der Waals surface area (Å²) in [6.07, 6.45) is 1.37. The molecule has 27 heavy (non-hydrogen) atoms. The van der Waals surface area contributed by atoms with Crippen molar-refractivity contribution in [1.82, 2.24) is 4.90 Å². The lowest BCUT2D eigenvalue weighted by Gasteiger charge is -2.29. The predicted octanol–water partition coefficient (Wildman–Crippen LogP) is 3.62. The number of hydrogen-bond donors (Lipinski definition) is 1. The van der Waals surface area contributed by atoms with Gasteiger partial charge in [0.1, 0.15) is 5.75 Å². The van der Waals surface area contributed by atoms with Gasteiger partial charge in [-0.15, -0.1) is 0 Å². The Labute approximate surface area is 160 Å². The van der Waals surface area contributed by atoms with Crippen LogP contribution >= 0.6 is 0 Å². The van der Waals surface area contributed by atoms with Crippen LogP contribution in [-0.4, -0.2) is 29.9 Å². The number of anilines is 1. The molecule has 1 heterocycles. The van der Waals surface area contributed by atoms with E-state index >= 15 is 0 Å². The van der Waals surface area contributed by atoms with Crippen LogP contribution in [0.4, 0.5) is 5.69 Å². The number of fused-ring (bicyclic) bond motifs is 1. The summed E-state index contributed by atoms with van der Waals surface area (Å²) >= 11 is 0. The van der Waals surface area contributed by atoms with E-state index in [9.17, 15) is 9.59 Å². The van der Waals surface area contributed by atoms with E-state index in [4.69, 9.17) is 4.74 Å². The van der Waals surface area contributed by atoms with Crippen LogP contribution in [0.3, 0.4) is 0 Å². The van der Waals surface area contributed by atoms with Crippen LogP contribution in [0.15, 0.2) is 36.4 Å². The van der Waals surface area contributed by atoms with E-state index in [1.807, 2.05) is 56.0 Å². The second-order valence-corrected chi connectivity index (χ2v) is 7.06. The average molecular weight is 366 g/mol. The normalized spacial score (nSPS) is 13.1. The van der Waals surface area contributed by atoms with Crippen molar-refractivity contribution in [3.63, 3.8) is 0 Å². The standard InChI is InChI=1S/C22H26N2O3/c1-4-22(26)24-8-7-17-5-6-19(12-18(17)13-24)23-21(25)14-27-20-10-15(2)9-16(3)11-20/h5-6,9-12H,4,7-8,13-14H2,1-3H3,(H,23,25). The molecule has 0 spiro atoms. The molecule has 142 valence electrons. The summed E-state index contributed by atoms with van der Waals surface area (Å²) < 4.78 is 5.61. The highest BCUT2D eigenvalue weighted by Gasteiger charge is 2.20. The Balaban J connectivity index is 1.61. The minimum absolute atomic E-state index is 0.0412. The summed E-state index contributed by atoms with van der Waals surface area (Å²) in [6, 6.07) is 11.8. The number of ether oxygens (including phenoxy) is 1. The first-order chi connectivity index (χ1) is 12.9. The number of carbonyl (C=O) groups excluding carboxylic acids is 2. The first-order valence-corrected chi connectivity index (χ1v) is 9.35. The number of rotatable bonds is 5. The molecular weight excluding hydrogens is 340 g/mol. The number of amides is 2. The molecule has 0 atom stereocenters. The van der Waals surface area contributed by atoms with Crippen LogP contribution in [0.1, 0.15) is 35.6 Å². The van der Waals surface area contributed by atoms with Gasteiger partial charge in [-0.2, -0.15) is 0 Å². The van der Waals surface area contributed by atoms with Gasteiger partial charge in [-0.25, -0.2) is 0 Å². The molecule has 3 rings (SSSR count). The van der Waals surface area contributed by atoms with Crippen molar-refractivity contribution in [3.8, 4) is 5.75 Å². The molecule has 2 aromatic carbocycles. The molecule has 0 aromatic heterocycles. The number of hydrogen-bond acceptors (Lipinski definition) is 3. The third-order valence-electron chi connectivity index (χ3n) is 4.72. The largest absolute Gasteiger partial charge is 0.484 e. The second-order valence-electron chi connectivity index (χ2n) is 7.06. The molecule has 5 heteroatoms. The van der Waals surface area contributed by atoms with Crippen molar-refractivity contribution in [1.29, 1.82) is 0 Å². The van der Waals surface area contributed by atoms with E-state index in [2.05, 4.69) is 11.4 Å². The zero-order chi connectivity index (χ0) is 19.4. The summed E-state index contributed by atoms with van der Waals surface area (Å²) in [5.41, 5.74) is 5.27. The van der Waals surface area contributed by atoms with E-state index in [0.29, 0.717) is 18.7 Å². The Kier molecular flexibility index (Phi) is 5.79. The Morgan fingerprint density at radius 3 is 2.52 bits per heavy atom. The molecule has 1 aliphatic heterocycles. The molecule has 1 N–H and O–H groups in total. The molecule has 0 aliphatic carbocycles. The van der Waals surface area contributed by atoms with Crippen molar-refractivity contribution in [3.05, 3.63) is 58.7 Å².